The third-order valence-electron chi connectivity index (χ3n) is 3.86. The molecule has 0 aromatic heterocycles. The highest BCUT2D eigenvalue weighted by Crippen LogP contribution is 2.23. The highest BCUT2D eigenvalue weighted by Gasteiger charge is 2.13. The Morgan fingerprint density at radius 3 is 2.48 bits per heavy atom. The van der Waals surface area contributed by atoms with E-state index in [0.717, 1.165) is 17.7 Å². The van der Waals surface area contributed by atoms with E-state index >= 15 is 0 Å². The minimum Gasteiger partial charge on any atom is -0.326 e. The Morgan fingerprint density at radius 1 is 1.10 bits per heavy atom. The summed E-state index contributed by atoms with van der Waals surface area (Å²) in [4.78, 5) is 12.3. The van der Waals surface area contributed by atoms with Crippen LogP contribution in [0.1, 0.15) is 42.9 Å². The van der Waals surface area contributed by atoms with Crippen molar-refractivity contribution in [3.8, 4) is 0 Å². The molecule has 2 nitrogen and oxygen atoms in total. The molecule has 0 unspecified atom stereocenters. The van der Waals surface area contributed by atoms with Gasteiger partial charge < -0.3 is 5.32 Å². The van der Waals surface area contributed by atoms with Gasteiger partial charge in [-0.2, -0.15) is 0 Å². The number of carbonyl (C=O) groups excluding carboxylic acids is 1. The second-order valence-electron chi connectivity index (χ2n) is 5.53. The quantitative estimate of drug-likeness (QED) is 0.846. The third kappa shape index (κ3) is 3.94. The molecule has 0 radical (unpaired) electrons. The number of rotatable bonds is 5. The molecule has 2 aromatic carbocycles. The van der Waals surface area contributed by atoms with Crippen LogP contribution in [0.4, 0.5) is 5.69 Å². The molecule has 1 N–H and O–H groups in total. The fourth-order valence-corrected chi connectivity index (χ4v) is 2.57. The smallest absolute Gasteiger partial charge is 0.224 e. The Hall–Kier alpha value is -2.09. The lowest BCUT2D eigenvalue weighted by atomic mass is 9.97. The van der Waals surface area contributed by atoms with Crippen molar-refractivity contribution in [3.05, 3.63) is 65.2 Å². The number of nitrogens with one attached hydrogen (secondary N) is 1. The van der Waals surface area contributed by atoms with E-state index in [-0.39, 0.29) is 11.8 Å². The number of benzene rings is 2. The molecule has 0 saturated heterocycles. The SMILES string of the molecule is CCc1cccc(C)c1NC(=O)C[C@@H](C)c1ccccc1. The van der Waals surface area contributed by atoms with Crippen molar-refractivity contribution in [1.29, 1.82) is 0 Å². The van der Waals surface area contributed by atoms with Gasteiger partial charge in [0.05, 0.1) is 0 Å². The number of aryl methyl sites for hydroxylation is 2. The van der Waals surface area contributed by atoms with Crippen molar-refractivity contribution in [2.45, 2.75) is 39.5 Å². The normalized spacial score (nSPS) is 12.0. The summed E-state index contributed by atoms with van der Waals surface area (Å²) in [6, 6.07) is 16.3. The van der Waals surface area contributed by atoms with Crippen molar-refractivity contribution in [2.24, 2.45) is 0 Å². The van der Waals surface area contributed by atoms with Crippen LogP contribution in [0.5, 0.6) is 0 Å². The molecule has 0 aliphatic carbocycles. The lowest BCUT2D eigenvalue weighted by Gasteiger charge is -2.15. The number of carbonyl (C=O) groups is 1. The van der Waals surface area contributed by atoms with E-state index < -0.39 is 0 Å². The van der Waals surface area contributed by atoms with E-state index in [2.05, 4.69) is 37.4 Å². The zero-order valence-electron chi connectivity index (χ0n) is 13.0. The molecule has 2 aromatic rings. The Labute approximate surface area is 127 Å². The highest BCUT2D eigenvalue weighted by molar-refractivity contribution is 5.92. The van der Waals surface area contributed by atoms with Gasteiger partial charge in [-0.25, -0.2) is 0 Å². The molecule has 2 rings (SSSR count). The number of anilines is 1. The van der Waals surface area contributed by atoms with Crippen LogP contribution in [0.15, 0.2) is 48.5 Å². The molecule has 21 heavy (non-hydrogen) atoms. The topological polar surface area (TPSA) is 29.1 Å². The van der Waals surface area contributed by atoms with E-state index in [4.69, 9.17) is 0 Å². The molecule has 0 aliphatic rings. The van der Waals surface area contributed by atoms with Gasteiger partial charge in [0.1, 0.15) is 0 Å². The van der Waals surface area contributed by atoms with Crippen molar-refractivity contribution in [1.82, 2.24) is 0 Å². The van der Waals surface area contributed by atoms with E-state index in [9.17, 15) is 4.79 Å². The fourth-order valence-electron chi connectivity index (χ4n) is 2.57. The van der Waals surface area contributed by atoms with Crippen LogP contribution in [0, 0.1) is 6.92 Å². The maximum atomic E-state index is 12.3. The van der Waals surface area contributed by atoms with E-state index in [0.29, 0.717) is 6.42 Å². The van der Waals surface area contributed by atoms with Crippen LogP contribution in [-0.2, 0) is 11.2 Å². The summed E-state index contributed by atoms with van der Waals surface area (Å²) >= 11 is 0. The second-order valence-corrected chi connectivity index (χ2v) is 5.53. The lowest BCUT2D eigenvalue weighted by Crippen LogP contribution is -2.16. The first kappa shape index (κ1) is 15.3. The number of hydrogen-bond donors (Lipinski definition) is 1. The summed E-state index contributed by atoms with van der Waals surface area (Å²) < 4.78 is 0. The first-order chi connectivity index (χ1) is 10.1. The minimum absolute atomic E-state index is 0.0790. The van der Waals surface area contributed by atoms with Crippen LogP contribution in [0.3, 0.4) is 0 Å². The summed E-state index contributed by atoms with van der Waals surface area (Å²) in [5.41, 5.74) is 4.49. The van der Waals surface area contributed by atoms with Gasteiger partial charge in [0.25, 0.3) is 0 Å². The van der Waals surface area contributed by atoms with Gasteiger partial charge in [0.15, 0.2) is 0 Å². The minimum atomic E-state index is 0.0790. The maximum absolute atomic E-state index is 12.3. The molecule has 0 saturated carbocycles. The molecule has 0 heterocycles. The molecule has 110 valence electrons. The van der Waals surface area contributed by atoms with E-state index in [1.807, 2.05) is 37.3 Å². The van der Waals surface area contributed by atoms with E-state index in [1.54, 1.807) is 0 Å². The molecule has 1 amide bonds. The molecule has 1 atom stereocenters. The van der Waals surface area contributed by atoms with Gasteiger partial charge in [0.2, 0.25) is 5.91 Å². The lowest BCUT2D eigenvalue weighted by molar-refractivity contribution is -0.116. The average molecular weight is 281 g/mol. The van der Waals surface area contributed by atoms with E-state index in [1.165, 1.54) is 11.1 Å². The Kier molecular flexibility index (Phi) is 5.15. The Morgan fingerprint density at radius 2 is 1.81 bits per heavy atom. The summed E-state index contributed by atoms with van der Waals surface area (Å²) in [5, 5.41) is 3.09. The molecule has 0 fully saturated rings. The Bertz CT molecular complexity index is 604. The monoisotopic (exact) mass is 281 g/mol. The number of amides is 1. The summed E-state index contributed by atoms with van der Waals surface area (Å²) in [7, 11) is 0. The first-order valence-electron chi connectivity index (χ1n) is 7.55. The molecule has 0 bridgehead atoms. The standard InChI is InChI=1S/C19H23NO/c1-4-16-12-8-9-14(2)19(16)20-18(21)13-15(3)17-10-6-5-7-11-17/h5-12,15H,4,13H2,1-3H3,(H,20,21)/t15-/m1/s1. The van der Waals surface area contributed by atoms with Crippen LogP contribution in [0.25, 0.3) is 0 Å². The van der Waals surface area contributed by atoms with Crippen molar-refractivity contribution < 1.29 is 4.79 Å². The van der Waals surface area contributed by atoms with Gasteiger partial charge in [-0.05, 0) is 36.0 Å². The summed E-state index contributed by atoms with van der Waals surface area (Å²) in [6.45, 7) is 6.24. The van der Waals surface area contributed by atoms with Crippen LogP contribution >= 0.6 is 0 Å². The summed E-state index contributed by atoms with van der Waals surface area (Å²) in [5.74, 6) is 0.302. The molecule has 0 aliphatic heterocycles. The third-order valence-corrected chi connectivity index (χ3v) is 3.86. The van der Waals surface area contributed by atoms with Gasteiger partial charge in [-0.3, -0.25) is 4.79 Å². The summed E-state index contributed by atoms with van der Waals surface area (Å²) in [6.07, 6.45) is 1.42. The van der Waals surface area contributed by atoms with Crippen LogP contribution < -0.4 is 5.32 Å². The largest absolute Gasteiger partial charge is 0.326 e. The molecular weight excluding hydrogens is 258 g/mol. The van der Waals surface area contributed by atoms with Gasteiger partial charge in [0, 0.05) is 12.1 Å². The first-order valence-corrected chi connectivity index (χ1v) is 7.55. The number of para-hydroxylation sites is 1. The van der Waals surface area contributed by atoms with Crippen molar-refractivity contribution >= 4 is 11.6 Å². The molecular formula is C19H23NO. The van der Waals surface area contributed by atoms with Crippen molar-refractivity contribution in [3.63, 3.8) is 0 Å². The molecule has 0 spiro atoms. The van der Waals surface area contributed by atoms with Gasteiger partial charge in [-0.1, -0.05) is 62.4 Å². The van der Waals surface area contributed by atoms with Crippen LogP contribution in [0.2, 0.25) is 0 Å². The number of hydrogen-bond acceptors (Lipinski definition) is 1. The highest BCUT2D eigenvalue weighted by atomic mass is 16.1. The van der Waals surface area contributed by atoms with Gasteiger partial charge >= 0.3 is 0 Å². The maximum Gasteiger partial charge on any atom is 0.224 e. The zero-order chi connectivity index (χ0) is 15.2. The molecule has 2 heteroatoms. The van der Waals surface area contributed by atoms with Crippen LogP contribution in [-0.4, -0.2) is 5.91 Å². The zero-order valence-corrected chi connectivity index (χ0v) is 13.0. The fraction of sp³-hybridized carbons (Fsp3) is 0.316. The Balaban J connectivity index is 2.06. The van der Waals surface area contributed by atoms with Crippen molar-refractivity contribution in [2.75, 3.05) is 5.32 Å². The second kappa shape index (κ2) is 7.07. The van der Waals surface area contributed by atoms with Gasteiger partial charge in [-0.15, -0.1) is 0 Å². The predicted octanol–water partition coefficient (Wildman–Crippen LogP) is 4.69. The predicted molar refractivity (Wildman–Crippen MR) is 88.7 cm³/mol. The average Bonchev–Trinajstić information content (AvgIpc) is 2.50.